The van der Waals surface area contributed by atoms with Crippen LogP contribution in [-0.2, 0) is 4.74 Å². The molecule has 0 aromatic rings. The van der Waals surface area contributed by atoms with Gasteiger partial charge in [-0.3, -0.25) is 0 Å². The van der Waals surface area contributed by atoms with E-state index >= 15 is 0 Å². The Labute approximate surface area is 125 Å². The molecular formula is C9H15Cl3N4O3. The maximum absolute atomic E-state index is 11.5. The van der Waals surface area contributed by atoms with Crippen LogP contribution in [0.2, 0.25) is 0 Å². The number of amides is 3. The number of ether oxygens (including phenoxy) is 1. The van der Waals surface area contributed by atoms with Crippen LogP contribution in [0.5, 0.6) is 0 Å². The maximum atomic E-state index is 11.5. The quantitative estimate of drug-likeness (QED) is 0.639. The number of carbonyl (C=O) groups is 2. The Morgan fingerprint density at radius 3 is 2.58 bits per heavy atom. The molecule has 2 atom stereocenters. The second kappa shape index (κ2) is 6.69. The summed E-state index contributed by atoms with van der Waals surface area (Å²) < 4.78 is 3.05. The van der Waals surface area contributed by atoms with Crippen molar-refractivity contribution in [1.82, 2.24) is 15.5 Å². The van der Waals surface area contributed by atoms with Gasteiger partial charge in [-0.15, -0.1) is 0 Å². The molecule has 3 amide bonds. The fourth-order valence-corrected chi connectivity index (χ4v) is 1.81. The molecule has 1 aliphatic heterocycles. The molecule has 1 saturated heterocycles. The van der Waals surface area contributed by atoms with Crippen LogP contribution in [0.15, 0.2) is 0 Å². The highest BCUT2D eigenvalue weighted by Crippen LogP contribution is 2.25. The number of hydrogen-bond acceptors (Lipinski definition) is 4. The second-order valence-electron chi connectivity index (χ2n) is 4.07. The molecule has 0 aromatic heterocycles. The number of alkyl halides is 3. The van der Waals surface area contributed by atoms with E-state index in [2.05, 4.69) is 10.6 Å². The van der Waals surface area contributed by atoms with Gasteiger partial charge < -0.3 is 26.0 Å². The Bertz CT molecular complexity index is 350. The minimum Gasteiger partial charge on any atom is -0.445 e. The second-order valence-corrected chi connectivity index (χ2v) is 6.58. The molecule has 1 rings (SSSR count). The third kappa shape index (κ3) is 5.48. The molecule has 0 radical (unpaired) electrons. The third-order valence-electron chi connectivity index (χ3n) is 2.54. The van der Waals surface area contributed by atoms with Gasteiger partial charge in [0.1, 0.15) is 6.61 Å². The van der Waals surface area contributed by atoms with E-state index in [0.717, 1.165) is 0 Å². The Kier molecular flexibility index (Phi) is 5.79. The van der Waals surface area contributed by atoms with Gasteiger partial charge in [-0.05, 0) is 0 Å². The number of nitrogens with one attached hydrogen (secondary N) is 2. The van der Waals surface area contributed by atoms with E-state index in [4.69, 9.17) is 45.3 Å². The fourth-order valence-electron chi connectivity index (χ4n) is 1.65. The number of urea groups is 1. The molecule has 19 heavy (non-hydrogen) atoms. The van der Waals surface area contributed by atoms with Crippen molar-refractivity contribution < 1.29 is 14.3 Å². The van der Waals surface area contributed by atoms with Gasteiger partial charge in [-0.1, -0.05) is 34.8 Å². The molecule has 4 N–H and O–H groups in total. The summed E-state index contributed by atoms with van der Waals surface area (Å²) in [7, 11) is 1.52. The third-order valence-corrected chi connectivity index (χ3v) is 2.86. The topological polar surface area (TPSA) is 96.7 Å². The summed E-state index contributed by atoms with van der Waals surface area (Å²) in [5, 5.41) is 5.01. The van der Waals surface area contributed by atoms with Gasteiger partial charge in [0.05, 0.1) is 6.04 Å². The normalized spacial score (nSPS) is 23.1. The number of likely N-dealkylation sites (tertiary alicyclic amines) is 1. The molecule has 0 unspecified atom stereocenters. The van der Waals surface area contributed by atoms with Crippen LogP contribution in [0, 0.1) is 0 Å². The lowest BCUT2D eigenvalue weighted by atomic mass is 10.2. The molecule has 7 nitrogen and oxygen atoms in total. The molecule has 10 heteroatoms. The number of halogens is 3. The van der Waals surface area contributed by atoms with Gasteiger partial charge in [-0.2, -0.15) is 0 Å². The first-order chi connectivity index (χ1) is 8.73. The lowest BCUT2D eigenvalue weighted by molar-refractivity contribution is 0.143. The van der Waals surface area contributed by atoms with Crippen molar-refractivity contribution in [3.8, 4) is 0 Å². The highest BCUT2D eigenvalue weighted by molar-refractivity contribution is 6.67. The zero-order valence-electron chi connectivity index (χ0n) is 10.2. The number of nitrogens with zero attached hydrogens (tertiary/aromatic N) is 1. The minimum absolute atomic E-state index is 0.255. The van der Waals surface area contributed by atoms with Gasteiger partial charge in [0.15, 0.2) is 0 Å². The first kappa shape index (κ1) is 16.4. The van der Waals surface area contributed by atoms with Crippen molar-refractivity contribution in [2.24, 2.45) is 5.73 Å². The van der Waals surface area contributed by atoms with Gasteiger partial charge in [0, 0.05) is 26.2 Å². The lowest BCUT2D eigenvalue weighted by Gasteiger charge is -2.18. The van der Waals surface area contributed by atoms with E-state index in [1.54, 1.807) is 0 Å². The van der Waals surface area contributed by atoms with Crippen molar-refractivity contribution in [3.05, 3.63) is 0 Å². The first-order valence-electron chi connectivity index (χ1n) is 5.45. The van der Waals surface area contributed by atoms with Crippen molar-refractivity contribution in [2.45, 2.75) is 15.9 Å². The fraction of sp³-hybridized carbons (Fsp3) is 0.778. The predicted octanol–water partition coefficient (Wildman–Crippen LogP) is 0.434. The minimum atomic E-state index is -1.66. The standard InChI is InChI=1S/C9H15Cl3N4O3/c1-14-7(17)16-2-5(13)6(3-16)15-8(18)19-4-9(10,11)12/h5-6H,2-4,13H2,1H3,(H,14,17)(H,15,18)/t5-,6+/m1/s1. The average molecular weight is 334 g/mol. The number of rotatable bonds is 2. The smallest absolute Gasteiger partial charge is 0.407 e. The maximum Gasteiger partial charge on any atom is 0.407 e. The zero-order valence-corrected chi connectivity index (χ0v) is 12.4. The van der Waals surface area contributed by atoms with E-state index in [-0.39, 0.29) is 18.7 Å². The molecule has 1 fully saturated rings. The number of nitrogens with two attached hydrogens (primary N) is 1. The molecule has 0 saturated carbocycles. The highest BCUT2D eigenvalue weighted by atomic mass is 35.6. The highest BCUT2D eigenvalue weighted by Gasteiger charge is 2.34. The Balaban J connectivity index is 2.41. The van der Waals surface area contributed by atoms with E-state index < -0.39 is 15.9 Å². The molecule has 0 aliphatic carbocycles. The summed E-state index contributed by atoms with van der Waals surface area (Å²) in [6, 6.07) is -1.04. The first-order valence-corrected chi connectivity index (χ1v) is 6.58. The van der Waals surface area contributed by atoms with E-state index in [1.807, 2.05) is 0 Å². The number of carbonyl (C=O) groups excluding carboxylic acids is 2. The van der Waals surface area contributed by atoms with Crippen molar-refractivity contribution in [1.29, 1.82) is 0 Å². The Morgan fingerprint density at radius 2 is 2.05 bits per heavy atom. The predicted molar refractivity (Wildman–Crippen MR) is 72.6 cm³/mol. The van der Waals surface area contributed by atoms with Crippen molar-refractivity contribution >= 4 is 46.9 Å². The average Bonchev–Trinajstić information content (AvgIpc) is 2.66. The van der Waals surface area contributed by atoms with Gasteiger partial charge in [0.25, 0.3) is 0 Å². The SMILES string of the molecule is CNC(=O)N1C[C@@H](N)[C@@H](NC(=O)OCC(Cl)(Cl)Cl)C1. The summed E-state index contributed by atoms with van der Waals surface area (Å²) >= 11 is 16.3. The van der Waals surface area contributed by atoms with Crippen LogP contribution in [0.25, 0.3) is 0 Å². The van der Waals surface area contributed by atoms with Crippen LogP contribution < -0.4 is 16.4 Å². The molecule has 0 bridgehead atoms. The molecule has 1 aliphatic rings. The van der Waals surface area contributed by atoms with Crippen molar-refractivity contribution in [2.75, 3.05) is 26.7 Å². The lowest BCUT2D eigenvalue weighted by Crippen LogP contribution is -2.47. The number of hydrogen-bond donors (Lipinski definition) is 3. The van der Waals surface area contributed by atoms with E-state index in [1.165, 1.54) is 11.9 Å². The molecular weight excluding hydrogens is 318 g/mol. The zero-order chi connectivity index (χ0) is 14.6. The van der Waals surface area contributed by atoms with E-state index in [0.29, 0.717) is 13.1 Å². The van der Waals surface area contributed by atoms with Crippen LogP contribution >= 0.6 is 34.8 Å². The summed E-state index contributed by atoms with van der Waals surface area (Å²) in [4.78, 5) is 24.4. The number of alkyl carbamates (subject to hydrolysis) is 1. The van der Waals surface area contributed by atoms with Gasteiger partial charge >= 0.3 is 12.1 Å². The summed E-state index contributed by atoms with van der Waals surface area (Å²) in [5.41, 5.74) is 5.82. The molecule has 0 spiro atoms. The largest absolute Gasteiger partial charge is 0.445 e. The summed E-state index contributed by atoms with van der Waals surface area (Å²) in [6.45, 7) is 0.267. The van der Waals surface area contributed by atoms with Gasteiger partial charge in [-0.25, -0.2) is 9.59 Å². The Hall–Kier alpha value is -0.630. The molecule has 0 aromatic carbocycles. The van der Waals surface area contributed by atoms with Gasteiger partial charge in [0.2, 0.25) is 3.79 Å². The monoisotopic (exact) mass is 332 g/mol. The molecule has 110 valence electrons. The van der Waals surface area contributed by atoms with Crippen LogP contribution in [0.4, 0.5) is 9.59 Å². The van der Waals surface area contributed by atoms with E-state index in [9.17, 15) is 9.59 Å². The summed E-state index contributed by atoms with van der Waals surface area (Å²) in [5.74, 6) is 0. The molecule has 1 heterocycles. The Morgan fingerprint density at radius 1 is 1.42 bits per heavy atom. The van der Waals surface area contributed by atoms with Crippen molar-refractivity contribution in [3.63, 3.8) is 0 Å². The summed E-state index contributed by atoms with van der Waals surface area (Å²) in [6.07, 6.45) is -0.745. The van der Waals surface area contributed by atoms with Crippen LogP contribution in [-0.4, -0.2) is 59.6 Å². The van der Waals surface area contributed by atoms with Crippen LogP contribution in [0.3, 0.4) is 0 Å². The van der Waals surface area contributed by atoms with Crippen LogP contribution in [0.1, 0.15) is 0 Å².